The summed E-state index contributed by atoms with van der Waals surface area (Å²) in [5.74, 6) is -1.67. The summed E-state index contributed by atoms with van der Waals surface area (Å²) < 4.78 is 26.7. The van der Waals surface area contributed by atoms with Gasteiger partial charge in [-0.1, -0.05) is 13.0 Å². The molecule has 0 aromatic heterocycles. The molecule has 2 amide bonds. The van der Waals surface area contributed by atoms with Crippen molar-refractivity contribution in [1.29, 1.82) is 0 Å². The third-order valence-corrected chi connectivity index (χ3v) is 5.40. The molecule has 1 aromatic carbocycles. The zero-order chi connectivity index (χ0) is 17.5. The van der Waals surface area contributed by atoms with Crippen LogP contribution >= 0.6 is 0 Å². The van der Waals surface area contributed by atoms with Gasteiger partial charge < -0.3 is 5.11 Å². The van der Waals surface area contributed by atoms with Crippen LogP contribution < -0.4 is 0 Å². The monoisotopic (exact) mass is 337 g/mol. The molecule has 1 atom stereocenters. The Balaban J connectivity index is 1.75. The fraction of sp³-hybridized carbons (Fsp3) is 0.556. The largest absolute Gasteiger partial charge is 0.386 e. The van der Waals surface area contributed by atoms with Crippen LogP contribution in [0.5, 0.6) is 0 Å². The molecule has 3 rings (SSSR count). The number of hydrogen-bond acceptors (Lipinski definition) is 3. The van der Waals surface area contributed by atoms with Gasteiger partial charge in [0.15, 0.2) is 0 Å². The number of benzene rings is 1. The molecule has 1 heterocycles. The average Bonchev–Trinajstić information content (AvgIpc) is 2.75. The first kappa shape index (κ1) is 17.0. The van der Waals surface area contributed by atoms with Crippen molar-refractivity contribution < 1.29 is 23.5 Å². The minimum absolute atomic E-state index is 0.116. The van der Waals surface area contributed by atoms with Crippen molar-refractivity contribution in [2.75, 3.05) is 6.54 Å². The summed E-state index contributed by atoms with van der Waals surface area (Å²) in [5.41, 5.74) is -0.764. The van der Waals surface area contributed by atoms with Crippen LogP contribution in [0.1, 0.15) is 50.7 Å². The molecule has 2 aliphatic rings. The Morgan fingerprint density at radius 1 is 1.29 bits per heavy atom. The van der Waals surface area contributed by atoms with Crippen molar-refractivity contribution in [1.82, 2.24) is 4.90 Å². The second-order valence-electron chi connectivity index (χ2n) is 7.13. The molecule has 1 saturated carbocycles. The van der Waals surface area contributed by atoms with Gasteiger partial charge in [-0.05, 0) is 37.7 Å². The zero-order valence-corrected chi connectivity index (χ0v) is 13.6. The van der Waals surface area contributed by atoms with Crippen LogP contribution in [0.25, 0.3) is 0 Å². The topological polar surface area (TPSA) is 57.6 Å². The molecule has 1 unspecified atom stereocenters. The highest BCUT2D eigenvalue weighted by atomic mass is 19.1. The number of amides is 2. The van der Waals surface area contributed by atoms with Gasteiger partial charge in [0.05, 0.1) is 18.1 Å². The van der Waals surface area contributed by atoms with Crippen LogP contribution in [0.3, 0.4) is 0 Å². The van der Waals surface area contributed by atoms with Gasteiger partial charge in [0.2, 0.25) is 11.8 Å². The third kappa shape index (κ3) is 2.95. The van der Waals surface area contributed by atoms with Crippen molar-refractivity contribution in [3.63, 3.8) is 0 Å². The van der Waals surface area contributed by atoms with Gasteiger partial charge in [-0.15, -0.1) is 0 Å². The van der Waals surface area contributed by atoms with E-state index in [9.17, 15) is 23.5 Å². The van der Waals surface area contributed by atoms with Crippen LogP contribution in [0.15, 0.2) is 18.2 Å². The first-order valence-electron chi connectivity index (χ1n) is 8.30. The fourth-order valence-corrected chi connectivity index (χ4v) is 3.79. The highest BCUT2D eigenvalue weighted by Crippen LogP contribution is 2.47. The van der Waals surface area contributed by atoms with Gasteiger partial charge in [0.1, 0.15) is 11.6 Å². The van der Waals surface area contributed by atoms with E-state index in [2.05, 4.69) is 6.92 Å². The third-order valence-electron chi connectivity index (χ3n) is 5.40. The Bertz CT molecular complexity index is 668. The van der Waals surface area contributed by atoms with Gasteiger partial charge in [-0.25, -0.2) is 8.78 Å². The van der Waals surface area contributed by atoms with Crippen LogP contribution in [0.2, 0.25) is 0 Å². The number of nitrogens with zero attached hydrogens (tertiary/aromatic N) is 1. The van der Waals surface area contributed by atoms with Crippen molar-refractivity contribution in [3.05, 3.63) is 35.4 Å². The normalized spacial score (nSPS) is 28.7. The number of likely N-dealkylation sites (tertiary alicyclic amines) is 1. The number of imide groups is 1. The van der Waals surface area contributed by atoms with Crippen molar-refractivity contribution in [3.8, 4) is 0 Å². The maximum absolute atomic E-state index is 13.8. The van der Waals surface area contributed by atoms with E-state index >= 15 is 0 Å². The van der Waals surface area contributed by atoms with E-state index in [0.29, 0.717) is 24.8 Å². The summed E-state index contributed by atoms with van der Waals surface area (Å²) in [6.45, 7) is 1.84. The summed E-state index contributed by atoms with van der Waals surface area (Å²) >= 11 is 0. The predicted octanol–water partition coefficient (Wildman–Crippen LogP) is 2.95. The first-order valence-corrected chi connectivity index (χ1v) is 8.30. The molecule has 1 N–H and O–H groups in total. The highest BCUT2D eigenvalue weighted by Gasteiger charge is 2.52. The van der Waals surface area contributed by atoms with Gasteiger partial charge in [-0.3, -0.25) is 14.5 Å². The van der Waals surface area contributed by atoms with Gasteiger partial charge in [-0.2, -0.15) is 0 Å². The lowest BCUT2D eigenvalue weighted by Gasteiger charge is -2.33. The predicted molar refractivity (Wildman–Crippen MR) is 82.7 cm³/mol. The number of aliphatic hydroxyl groups is 1. The van der Waals surface area contributed by atoms with Crippen LogP contribution in [-0.2, 0) is 9.59 Å². The van der Waals surface area contributed by atoms with Crippen LogP contribution in [0, 0.1) is 23.0 Å². The molecule has 1 saturated heterocycles. The number of aliphatic hydroxyl groups excluding tert-OH is 1. The van der Waals surface area contributed by atoms with Crippen LogP contribution in [0.4, 0.5) is 8.78 Å². The molecule has 0 bridgehead atoms. The molecule has 130 valence electrons. The molecule has 1 aromatic rings. The van der Waals surface area contributed by atoms with Crippen molar-refractivity contribution >= 4 is 11.8 Å². The first-order chi connectivity index (χ1) is 11.3. The second-order valence-corrected chi connectivity index (χ2v) is 7.13. The van der Waals surface area contributed by atoms with E-state index in [-0.39, 0.29) is 30.3 Å². The number of carbonyl (C=O) groups excluding carboxylic acids is 2. The van der Waals surface area contributed by atoms with E-state index in [1.807, 2.05) is 0 Å². The Morgan fingerprint density at radius 3 is 2.58 bits per heavy atom. The summed E-state index contributed by atoms with van der Waals surface area (Å²) in [7, 11) is 0. The number of carbonyl (C=O) groups is 2. The number of β-amino-alcohol motifs (C(OH)–C–C–N with tert-alkyl or cyclic N) is 1. The fourth-order valence-electron chi connectivity index (χ4n) is 3.79. The van der Waals surface area contributed by atoms with Gasteiger partial charge >= 0.3 is 0 Å². The summed E-state index contributed by atoms with van der Waals surface area (Å²) in [4.78, 5) is 26.1. The molecular weight excluding hydrogens is 316 g/mol. The second kappa shape index (κ2) is 6.24. The smallest absolute Gasteiger partial charge is 0.236 e. The Labute approximate surface area is 139 Å². The van der Waals surface area contributed by atoms with E-state index in [0.717, 1.165) is 29.9 Å². The maximum atomic E-state index is 13.8. The molecule has 1 aliphatic carbocycles. The Hall–Kier alpha value is -1.82. The minimum Gasteiger partial charge on any atom is -0.386 e. The molecule has 4 nitrogen and oxygen atoms in total. The number of halogens is 2. The van der Waals surface area contributed by atoms with Gasteiger partial charge in [0.25, 0.3) is 0 Å². The highest BCUT2D eigenvalue weighted by molar-refractivity contribution is 6.06. The lowest BCUT2D eigenvalue weighted by atomic mass is 9.70. The standard InChI is InChI=1S/C18H21F2NO3/c1-11-4-6-18(7-5-11)9-16(23)21(17(18)24)10-15(22)13-3-2-12(19)8-14(13)20/h2-3,8,11,15,22H,4-7,9-10H2,1H3. The van der Waals surface area contributed by atoms with E-state index in [4.69, 9.17) is 0 Å². The Kier molecular flexibility index (Phi) is 4.42. The quantitative estimate of drug-likeness (QED) is 0.863. The molecule has 0 radical (unpaired) electrons. The molecular formula is C18H21F2NO3. The zero-order valence-electron chi connectivity index (χ0n) is 13.6. The molecule has 6 heteroatoms. The van der Waals surface area contributed by atoms with Crippen molar-refractivity contribution in [2.45, 2.75) is 45.1 Å². The SMILES string of the molecule is CC1CCC2(CC1)CC(=O)N(CC(O)c1ccc(F)cc1F)C2=O. The molecule has 1 spiro atoms. The maximum Gasteiger partial charge on any atom is 0.236 e. The molecule has 24 heavy (non-hydrogen) atoms. The summed E-state index contributed by atoms with van der Waals surface area (Å²) in [6.07, 6.45) is 1.96. The Morgan fingerprint density at radius 2 is 1.96 bits per heavy atom. The minimum atomic E-state index is -1.36. The molecule has 2 fully saturated rings. The van der Waals surface area contributed by atoms with Crippen molar-refractivity contribution in [2.24, 2.45) is 11.3 Å². The number of hydrogen-bond donors (Lipinski definition) is 1. The van der Waals surface area contributed by atoms with E-state index in [1.54, 1.807) is 0 Å². The lowest BCUT2D eigenvalue weighted by Crippen LogP contribution is -2.39. The number of rotatable bonds is 3. The molecule has 1 aliphatic heterocycles. The van der Waals surface area contributed by atoms with Crippen LogP contribution in [-0.4, -0.2) is 28.4 Å². The van der Waals surface area contributed by atoms with E-state index < -0.39 is 23.2 Å². The summed E-state index contributed by atoms with van der Waals surface area (Å²) in [5, 5.41) is 10.2. The lowest BCUT2D eigenvalue weighted by molar-refractivity contribution is -0.144. The summed E-state index contributed by atoms with van der Waals surface area (Å²) in [6, 6.07) is 2.86. The average molecular weight is 337 g/mol. The van der Waals surface area contributed by atoms with E-state index in [1.165, 1.54) is 0 Å². The van der Waals surface area contributed by atoms with Gasteiger partial charge in [0, 0.05) is 18.1 Å².